The molecule has 1 aromatic carbocycles. The van der Waals surface area contributed by atoms with Crippen molar-refractivity contribution in [1.29, 1.82) is 0 Å². The molecule has 0 saturated heterocycles. The molecule has 1 unspecified atom stereocenters. The lowest BCUT2D eigenvalue weighted by atomic mass is 10.1. The van der Waals surface area contributed by atoms with Crippen molar-refractivity contribution < 1.29 is 23.0 Å². The third kappa shape index (κ3) is 6.61. The van der Waals surface area contributed by atoms with E-state index >= 15 is 0 Å². The second kappa shape index (κ2) is 7.38. The van der Waals surface area contributed by atoms with Crippen LogP contribution in [0.25, 0.3) is 0 Å². The Bertz CT molecular complexity index is 325. The molecule has 0 fully saturated rings. The van der Waals surface area contributed by atoms with E-state index < -0.39 is 18.7 Å². The van der Waals surface area contributed by atoms with Gasteiger partial charge in [-0.1, -0.05) is 30.3 Å². The molecule has 1 N–H and O–H groups in total. The van der Waals surface area contributed by atoms with Gasteiger partial charge in [0, 0.05) is 26.1 Å². The molecule has 1 atom stereocenters. The molecule has 1 aromatic rings. The van der Waals surface area contributed by atoms with E-state index in [-0.39, 0.29) is 19.6 Å². The third-order valence-electron chi connectivity index (χ3n) is 2.47. The van der Waals surface area contributed by atoms with Gasteiger partial charge in [0.25, 0.3) is 0 Å². The smallest absolute Gasteiger partial charge is 0.388 e. The molecule has 0 heterocycles. The van der Waals surface area contributed by atoms with Crippen LogP contribution in [0.2, 0.25) is 0 Å². The van der Waals surface area contributed by atoms with Crippen LogP contribution >= 0.6 is 0 Å². The van der Waals surface area contributed by atoms with Gasteiger partial charge in [-0.05, 0) is 12.0 Å². The maximum absolute atomic E-state index is 11.8. The number of hydrogen-bond donors (Lipinski definition) is 1. The van der Waals surface area contributed by atoms with Crippen LogP contribution < -0.4 is 0 Å². The lowest BCUT2D eigenvalue weighted by Gasteiger charge is -2.11. The number of benzene rings is 1. The molecular weight excluding hydrogens is 245 g/mol. The number of alkyl halides is 3. The second-order valence-corrected chi connectivity index (χ2v) is 4.05. The van der Waals surface area contributed by atoms with Gasteiger partial charge >= 0.3 is 6.18 Å². The fraction of sp³-hybridized carbons (Fsp3) is 0.538. The summed E-state index contributed by atoms with van der Waals surface area (Å²) in [6.07, 6.45) is -5.23. The van der Waals surface area contributed by atoms with E-state index in [4.69, 9.17) is 4.74 Å². The zero-order valence-corrected chi connectivity index (χ0v) is 9.99. The average molecular weight is 262 g/mol. The molecule has 0 spiro atoms. The molecule has 102 valence electrons. The van der Waals surface area contributed by atoms with E-state index in [0.29, 0.717) is 6.42 Å². The van der Waals surface area contributed by atoms with Crippen molar-refractivity contribution in [2.45, 2.75) is 31.5 Å². The highest BCUT2D eigenvalue weighted by atomic mass is 19.4. The quantitative estimate of drug-likeness (QED) is 0.762. The Hall–Kier alpha value is -1.07. The number of aliphatic hydroxyl groups is 1. The average Bonchev–Trinajstić information content (AvgIpc) is 2.33. The van der Waals surface area contributed by atoms with Crippen molar-refractivity contribution in [3.63, 3.8) is 0 Å². The summed E-state index contributed by atoms with van der Waals surface area (Å²) >= 11 is 0. The zero-order valence-electron chi connectivity index (χ0n) is 9.99. The topological polar surface area (TPSA) is 29.5 Å². The van der Waals surface area contributed by atoms with E-state index in [1.807, 2.05) is 18.2 Å². The van der Waals surface area contributed by atoms with Crippen molar-refractivity contribution in [3.8, 4) is 0 Å². The molecule has 0 radical (unpaired) electrons. The van der Waals surface area contributed by atoms with Crippen LogP contribution in [0.1, 0.15) is 30.9 Å². The molecule has 0 aliphatic heterocycles. The zero-order chi connectivity index (χ0) is 13.4. The molecule has 0 saturated carbocycles. The van der Waals surface area contributed by atoms with Crippen LogP contribution in [0, 0.1) is 0 Å². The molecule has 0 aliphatic rings. The third-order valence-corrected chi connectivity index (χ3v) is 2.47. The Labute approximate surface area is 104 Å². The normalized spacial score (nSPS) is 13.6. The summed E-state index contributed by atoms with van der Waals surface area (Å²) in [7, 11) is 0. The van der Waals surface area contributed by atoms with E-state index in [1.54, 1.807) is 12.1 Å². The van der Waals surface area contributed by atoms with Crippen molar-refractivity contribution in [1.82, 2.24) is 0 Å². The van der Waals surface area contributed by atoms with Crippen molar-refractivity contribution >= 4 is 0 Å². The monoisotopic (exact) mass is 262 g/mol. The molecule has 0 amide bonds. The van der Waals surface area contributed by atoms with Gasteiger partial charge in [0.15, 0.2) is 0 Å². The molecule has 2 nitrogen and oxygen atoms in total. The van der Waals surface area contributed by atoms with Crippen LogP contribution in [0.4, 0.5) is 13.2 Å². The Morgan fingerprint density at radius 2 is 1.78 bits per heavy atom. The van der Waals surface area contributed by atoms with Crippen LogP contribution in [-0.4, -0.2) is 24.5 Å². The highest BCUT2D eigenvalue weighted by Gasteiger charge is 2.25. The van der Waals surface area contributed by atoms with Gasteiger partial charge in [0.05, 0.1) is 6.10 Å². The summed E-state index contributed by atoms with van der Waals surface area (Å²) in [5.41, 5.74) is 0.788. The maximum atomic E-state index is 11.8. The number of aliphatic hydroxyl groups excluding tert-OH is 1. The molecule has 0 bridgehead atoms. The second-order valence-electron chi connectivity index (χ2n) is 4.05. The summed E-state index contributed by atoms with van der Waals surface area (Å²) in [5.74, 6) is 0. The fourth-order valence-electron chi connectivity index (χ4n) is 1.51. The van der Waals surface area contributed by atoms with E-state index in [2.05, 4.69) is 0 Å². The predicted octanol–water partition coefficient (Wildman–Crippen LogP) is 3.47. The lowest BCUT2D eigenvalue weighted by Crippen LogP contribution is -2.10. The molecule has 0 aromatic heterocycles. The Balaban J connectivity index is 2.08. The number of hydrogen-bond acceptors (Lipinski definition) is 2. The van der Waals surface area contributed by atoms with Gasteiger partial charge in [-0.15, -0.1) is 0 Å². The first kappa shape index (κ1) is 15.0. The Kier molecular flexibility index (Phi) is 6.15. The summed E-state index contributed by atoms with van der Waals surface area (Å²) in [4.78, 5) is 0. The molecule has 0 aliphatic carbocycles. The van der Waals surface area contributed by atoms with Crippen molar-refractivity contribution in [2.75, 3.05) is 13.2 Å². The summed E-state index contributed by atoms with van der Waals surface area (Å²) in [5, 5.41) is 9.75. The fourth-order valence-corrected chi connectivity index (χ4v) is 1.51. The van der Waals surface area contributed by atoms with Gasteiger partial charge in [-0.3, -0.25) is 0 Å². The summed E-state index contributed by atoms with van der Waals surface area (Å²) in [6, 6.07) is 9.10. The van der Waals surface area contributed by atoms with Crippen LogP contribution in [0.15, 0.2) is 30.3 Å². The van der Waals surface area contributed by atoms with E-state index in [9.17, 15) is 18.3 Å². The first-order chi connectivity index (χ1) is 8.49. The minimum atomic E-state index is -4.12. The summed E-state index contributed by atoms with van der Waals surface area (Å²) in [6.45, 7) is 0.328. The Morgan fingerprint density at radius 3 is 2.39 bits per heavy atom. The number of rotatable bonds is 7. The first-order valence-corrected chi connectivity index (χ1v) is 5.86. The number of ether oxygens (including phenoxy) is 1. The van der Waals surface area contributed by atoms with E-state index in [0.717, 1.165) is 5.56 Å². The SMILES string of the molecule is OC(CCOCCCC(F)(F)F)c1ccccc1. The van der Waals surface area contributed by atoms with Crippen LogP contribution in [-0.2, 0) is 4.74 Å². The van der Waals surface area contributed by atoms with Gasteiger partial charge in [0.1, 0.15) is 0 Å². The van der Waals surface area contributed by atoms with Gasteiger partial charge in [-0.2, -0.15) is 13.2 Å². The van der Waals surface area contributed by atoms with Crippen molar-refractivity contribution in [3.05, 3.63) is 35.9 Å². The highest BCUT2D eigenvalue weighted by Crippen LogP contribution is 2.21. The van der Waals surface area contributed by atoms with Crippen LogP contribution in [0.3, 0.4) is 0 Å². The highest BCUT2D eigenvalue weighted by molar-refractivity contribution is 5.16. The lowest BCUT2D eigenvalue weighted by molar-refractivity contribution is -0.138. The summed E-state index contributed by atoms with van der Waals surface area (Å²) < 4.78 is 40.5. The minimum absolute atomic E-state index is 0.0368. The minimum Gasteiger partial charge on any atom is -0.388 e. The van der Waals surface area contributed by atoms with Gasteiger partial charge in [0.2, 0.25) is 0 Å². The molecular formula is C13H17F3O2. The van der Waals surface area contributed by atoms with Crippen molar-refractivity contribution in [2.24, 2.45) is 0 Å². The van der Waals surface area contributed by atoms with Gasteiger partial charge < -0.3 is 9.84 Å². The predicted molar refractivity (Wildman–Crippen MR) is 62.1 cm³/mol. The first-order valence-electron chi connectivity index (χ1n) is 5.86. The Morgan fingerprint density at radius 1 is 1.11 bits per heavy atom. The van der Waals surface area contributed by atoms with Gasteiger partial charge in [-0.25, -0.2) is 0 Å². The standard InChI is InChI=1S/C13H17F3O2/c14-13(15,16)8-4-9-18-10-7-12(17)11-5-2-1-3-6-11/h1-3,5-6,12,17H,4,7-10H2. The molecule has 5 heteroatoms. The van der Waals surface area contributed by atoms with Crippen LogP contribution in [0.5, 0.6) is 0 Å². The number of halogens is 3. The maximum Gasteiger partial charge on any atom is 0.389 e. The largest absolute Gasteiger partial charge is 0.389 e. The van der Waals surface area contributed by atoms with E-state index in [1.165, 1.54) is 0 Å². The molecule has 1 rings (SSSR count). The molecule has 18 heavy (non-hydrogen) atoms.